The molecular weight excluding hydrogens is 586 g/mol. The molecule has 2 amide bonds. The number of ether oxygens (including phenoxy) is 2. The van der Waals surface area contributed by atoms with E-state index in [9.17, 15) is 9.59 Å². The van der Waals surface area contributed by atoms with E-state index in [1.54, 1.807) is 34.6 Å². The van der Waals surface area contributed by atoms with Gasteiger partial charge in [-0.3, -0.25) is 4.98 Å². The summed E-state index contributed by atoms with van der Waals surface area (Å²) in [4.78, 5) is 32.5. The van der Waals surface area contributed by atoms with Crippen LogP contribution in [0.4, 0.5) is 9.59 Å². The summed E-state index contributed by atoms with van der Waals surface area (Å²) in [6.45, 7) is 8.47. The zero-order valence-electron chi connectivity index (χ0n) is 19.9. The van der Waals surface area contributed by atoms with E-state index in [1.807, 2.05) is 23.5 Å². The van der Waals surface area contributed by atoms with E-state index in [0.717, 1.165) is 20.9 Å². The number of imide groups is 1. The molecule has 0 aliphatic rings. The number of rotatable bonds is 6. The molecule has 2 aromatic heterocycles. The summed E-state index contributed by atoms with van der Waals surface area (Å²) >= 11 is 6.96. The van der Waals surface area contributed by atoms with Crippen molar-refractivity contribution >= 4 is 44.0 Å². The molecular formula is C23H25Br2N5O5. The summed E-state index contributed by atoms with van der Waals surface area (Å²) in [6, 6.07) is 5.83. The Balaban J connectivity index is 1.63. The summed E-state index contributed by atoms with van der Waals surface area (Å²) < 4.78 is 17.0. The second-order valence-electron chi connectivity index (χ2n) is 9.21. The van der Waals surface area contributed by atoms with E-state index in [1.165, 1.54) is 12.4 Å². The molecule has 0 aliphatic carbocycles. The largest absolute Gasteiger partial charge is 0.443 e. The van der Waals surface area contributed by atoms with Gasteiger partial charge >= 0.3 is 12.2 Å². The Morgan fingerprint density at radius 2 is 1.69 bits per heavy atom. The molecule has 3 aromatic rings. The minimum Gasteiger partial charge on any atom is -0.443 e. The monoisotopic (exact) mass is 609 g/mol. The molecule has 0 aliphatic heterocycles. The van der Waals surface area contributed by atoms with Gasteiger partial charge in [-0.1, -0.05) is 22.0 Å². The summed E-state index contributed by atoms with van der Waals surface area (Å²) in [5.74, 6) is 0.576. The van der Waals surface area contributed by atoms with Crippen LogP contribution < -0.4 is 5.32 Å². The lowest BCUT2D eigenvalue weighted by Crippen LogP contribution is -2.41. The number of hydrogen-bond acceptors (Lipinski definition) is 9. The van der Waals surface area contributed by atoms with Gasteiger partial charge in [0.1, 0.15) is 16.9 Å². The van der Waals surface area contributed by atoms with Crippen molar-refractivity contribution in [3.8, 4) is 23.0 Å². The van der Waals surface area contributed by atoms with Crippen LogP contribution in [0.2, 0.25) is 0 Å². The van der Waals surface area contributed by atoms with Gasteiger partial charge in [-0.25, -0.2) is 19.9 Å². The second kappa shape index (κ2) is 10.8. The number of aromatic nitrogens is 4. The molecule has 0 fully saturated rings. The molecule has 0 saturated heterocycles. The maximum Gasteiger partial charge on any atom is 0.417 e. The van der Waals surface area contributed by atoms with Crippen molar-refractivity contribution in [3.05, 3.63) is 46.3 Å². The Labute approximate surface area is 219 Å². The van der Waals surface area contributed by atoms with E-state index in [4.69, 9.17) is 13.9 Å². The first-order chi connectivity index (χ1) is 16.3. The summed E-state index contributed by atoms with van der Waals surface area (Å²) in [6.07, 6.45) is 1.50. The summed E-state index contributed by atoms with van der Waals surface area (Å²) in [5, 5.41) is 11.0. The zero-order chi connectivity index (χ0) is 25.8. The average Bonchev–Trinajstić information content (AvgIpc) is 3.21. The topological polar surface area (TPSA) is 129 Å². The molecule has 35 heavy (non-hydrogen) atoms. The summed E-state index contributed by atoms with van der Waals surface area (Å²) in [5.41, 5.74) is 1.15. The first-order valence-corrected chi connectivity index (χ1v) is 12.5. The highest BCUT2D eigenvalue weighted by Gasteiger charge is 2.27. The Kier molecular flexibility index (Phi) is 8.26. The molecule has 1 N–H and O–H groups in total. The SMILES string of the molecule is CC(C)(C)OC(=O)NC(=O)OC(C)(C)Cc1cnc(-c2nnc(-c3ccc(CBr)cc3Br)o2)cn1. The third kappa shape index (κ3) is 7.82. The number of alkyl carbamates (subject to hydrolysis) is 2. The number of benzene rings is 1. The van der Waals surface area contributed by atoms with Gasteiger partial charge < -0.3 is 13.9 Å². The Morgan fingerprint density at radius 1 is 1.00 bits per heavy atom. The minimum absolute atomic E-state index is 0.225. The van der Waals surface area contributed by atoms with Crippen molar-refractivity contribution in [1.82, 2.24) is 25.5 Å². The first kappa shape index (κ1) is 26.7. The molecule has 0 unspecified atom stereocenters. The van der Waals surface area contributed by atoms with Crippen molar-refractivity contribution in [2.24, 2.45) is 0 Å². The number of carbonyl (C=O) groups is 2. The molecule has 0 bridgehead atoms. The maximum atomic E-state index is 12.1. The van der Waals surface area contributed by atoms with Gasteiger partial charge in [0.15, 0.2) is 0 Å². The van der Waals surface area contributed by atoms with Gasteiger partial charge in [0.05, 0.1) is 17.5 Å². The molecule has 186 valence electrons. The van der Waals surface area contributed by atoms with Gasteiger partial charge in [0.2, 0.25) is 5.89 Å². The van der Waals surface area contributed by atoms with Crippen LogP contribution in [0.1, 0.15) is 45.9 Å². The van der Waals surface area contributed by atoms with Crippen molar-refractivity contribution < 1.29 is 23.5 Å². The van der Waals surface area contributed by atoms with Crippen LogP contribution >= 0.6 is 31.9 Å². The highest BCUT2D eigenvalue weighted by molar-refractivity contribution is 9.10. The summed E-state index contributed by atoms with van der Waals surface area (Å²) in [7, 11) is 0. The van der Waals surface area contributed by atoms with E-state index >= 15 is 0 Å². The van der Waals surface area contributed by atoms with Crippen LogP contribution in [0.25, 0.3) is 23.0 Å². The number of carbonyl (C=O) groups excluding carboxylic acids is 2. The zero-order valence-corrected chi connectivity index (χ0v) is 23.1. The lowest BCUT2D eigenvalue weighted by Gasteiger charge is -2.25. The molecule has 0 saturated carbocycles. The number of halogens is 2. The second-order valence-corrected chi connectivity index (χ2v) is 10.6. The fourth-order valence-electron chi connectivity index (χ4n) is 2.94. The maximum absolute atomic E-state index is 12.1. The predicted octanol–water partition coefficient (Wildman–Crippen LogP) is 5.83. The van der Waals surface area contributed by atoms with Crippen LogP contribution in [-0.4, -0.2) is 43.6 Å². The van der Waals surface area contributed by atoms with Gasteiger partial charge in [-0.2, -0.15) is 0 Å². The van der Waals surface area contributed by atoms with Crippen LogP contribution in [0.3, 0.4) is 0 Å². The molecule has 0 atom stereocenters. The quantitative estimate of drug-likeness (QED) is 0.342. The van der Waals surface area contributed by atoms with Crippen LogP contribution in [0, 0.1) is 0 Å². The van der Waals surface area contributed by atoms with Crippen molar-refractivity contribution in [1.29, 1.82) is 0 Å². The fraction of sp³-hybridized carbons (Fsp3) is 0.391. The highest BCUT2D eigenvalue weighted by atomic mass is 79.9. The van der Waals surface area contributed by atoms with E-state index in [-0.39, 0.29) is 12.3 Å². The van der Waals surface area contributed by atoms with Gasteiger partial charge in [-0.05, 0) is 68.2 Å². The predicted molar refractivity (Wildman–Crippen MR) is 135 cm³/mol. The number of nitrogens with one attached hydrogen (secondary N) is 1. The number of hydrogen-bond donors (Lipinski definition) is 1. The lowest BCUT2D eigenvalue weighted by molar-refractivity contribution is 0.0276. The smallest absolute Gasteiger partial charge is 0.417 e. The molecule has 12 heteroatoms. The number of amides is 2. The van der Waals surface area contributed by atoms with Crippen molar-refractivity contribution in [2.75, 3.05) is 0 Å². The normalized spacial score (nSPS) is 11.7. The number of nitrogens with zero attached hydrogens (tertiary/aromatic N) is 4. The Bertz CT molecular complexity index is 1210. The van der Waals surface area contributed by atoms with Crippen LogP contribution in [0.5, 0.6) is 0 Å². The van der Waals surface area contributed by atoms with E-state index < -0.39 is 23.4 Å². The van der Waals surface area contributed by atoms with Gasteiger partial charge in [0, 0.05) is 22.4 Å². The van der Waals surface area contributed by atoms with Crippen LogP contribution in [-0.2, 0) is 21.2 Å². The first-order valence-electron chi connectivity index (χ1n) is 10.6. The fourth-order valence-corrected chi connectivity index (χ4v) is 3.89. The third-order valence-electron chi connectivity index (χ3n) is 4.35. The Morgan fingerprint density at radius 3 is 2.29 bits per heavy atom. The average molecular weight is 611 g/mol. The third-order valence-corrected chi connectivity index (χ3v) is 5.65. The van der Waals surface area contributed by atoms with Gasteiger partial charge in [-0.15, -0.1) is 10.2 Å². The van der Waals surface area contributed by atoms with E-state index in [0.29, 0.717) is 17.3 Å². The van der Waals surface area contributed by atoms with Crippen molar-refractivity contribution in [2.45, 2.75) is 57.6 Å². The van der Waals surface area contributed by atoms with Crippen molar-refractivity contribution in [3.63, 3.8) is 0 Å². The molecule has 0 radical (unpaired) electrons. The highest BCUT2D eigenvalue weighted by Crippen LogP contribution is 2.30. The number of alkyl halides is 1. The molecule has 2 heterocycles. The molecule has 1 aromatic carbocycles. The lowest BCUT2D eigenvalue weighted by atomic mass is 10.0. The van der Waals surface area contributed by atoms with Gasteiger partial charge in [0.25, 0.3) is 5.89 Å². The molecule has 0 spiro atoms. The Hall–Kier alpha value is -2.86. The molecule has 3 rings (SSSR count). The van der Waals surface area contributed by atoms with E-state index in [2.05, 4.69) is 52.0 Å². The minimum atomic E-state index is -0.965. The van der Waals surface area contributed by atoms with Crippen LogP contribution in [0.15, 0.2) is 39.5 Å². The molecule has 10 nitrogen and oxygen atoms in total. The standard InChI is InChI=1S/C23H25Br2N5O5/c1-22(2,3)34-20(31)28-21(32)35-23(4,5)9-14-11-27-17(12-26-14)19-30-29-18(33-19)15-7-6-13(10-24)8-16(15)25/h6-8,11-12H,9-10H2,1-5H3,(H,28,31,32).